The number of rotatable bonds is 5. The summed E-state index contributed by atoms with van der Waals surface area (Å²) in [5.41, 5.74) is 1.94. The van der Waals surface area contributed by atoms with Crippen molar-refractivity contribution in [2.45, 2.75) is 17.7 Å². The van der Waals surface area contributed by atoms with Gasteiger partial charge in [0.25, 0.3) is 0 Å². The van der Waals surface area contributed by atoms with Gasteiger partial charge in [0.2, 0.25) is 16.9 Å². The first-order valence-electron chi connectivity index (χ1n) is 7.64. The Morgan fingerprint density at radius 3 is 2.92 bits per heavy atom. The van der Waals surface area contributed by atoms with E-state index < -0.39 is 5.92 Å². The monoisotopic (exact) mass is 372 g/mol. The van der Waals surface area contributed by atoms with Gasteiger partial charge in [0, 0.05) is 18.7 Å². The van der Waals surface area contributed by atoms with Gasteiger partial charge in [0.1, 0.15) is 0 Å². The van der Waals surface area contributed by atoms with Crippen LogP contribution in [0.2, 0.25) is 0 Å². The van der Waals surface area contributed by atoms with E-state index in [2.05, 4.69) is 21.4 Å². The van der Waals surface area contributed by atoms with Crippen molar-refractivity contribution in [1.29, 1.82) is 0 Å². The highest BCUT2D eigenvalue weighted by Crippen LogP contribution is 2.28. The summed E-state index contributed by atoms with van der Waals surface area (Å²) in [4.78, 5) is 26.3. The van der Waals surface area contributed by atoms with Gasteiger partial charge in [-0.2, -0.15) is 0 Å². The number of benzene rings is 1. The molecule has 1 saturated heterocycles. The second kappa shape index (κ2) is 7.68. The van der Waals surface area contributed by atoms with Crippen molar-refractivity contribution in [3.63, 3.8) is 0 Å². The first-order valence-corrected chi connectivity index (χ1v) is 9.44. The fourth-order valence-electron chi connectivity index (χ4n) is 2.49. The lowest BCUT2D eigenvalue weighted by atomic mass is 10.1. The average molecular weight is 372 g/mol. The summed E-state index contributed by atoms with van der Waals surface area (Å²) < 4.78 is 0.706. The van der Waals surface area contributed by atoms with Crippen molar-refractivity contribution in [2.24, 2.45) is 5.92 Å². The molecule has 25 heavy (non-hydrogen) atoms. The van der Waals surface area contributed by atoms with Crippen LogP contribution in [0.25, 0.3) is 0 Å². The van der Waals surface area contributed by atoms with Gasteiger partial charge in [-0.3, -0.25) is 9.59 Å². The summed E-state index contributed by atoms with van der Waals surface area (Å²) >= 11 is 2.67. The first kappa shape index (κ1) is 17.5. The Hall–Kier alpha value is -2.37. The Labute approximate surface area is 154 Å². The number of aryl methyl sites for hydroxylation is 1. The van der Waals surface area contributed by atoms with Crippen molar-refractivity contribution in [3.8, 4) is 12.3 Å². The van der Waals surface area contributed by atoms with Crippen LogP contribution < -0.4 is 10.2 Å². The molecule has 1 aromatic carbocycles. The highest BCUT2D eigenvalue weighted by Gasteiger charge is 2.35. The highest BCUT2D eigenvalue weighted by atomic mass is 32.2. The molecule has 0 saturated carbocycles. The van der Waals surface area contributed by atoms with Crippen molar-refractivity contribution in [1.82, 2.24) is 10.2 Å². The number of hydrogen-bond acceptors (Lipinski definition) is 6. The van der Waals surface area contributed by atoms with Gasteiger partial charge in [-0.25, -0.2) is 0 Å². The van der Waals surface area contributed by atoms with Crippen LogP contribution in [0, 0.1) is 25.2 Å². The lowest BCUT2D eigenvalue weighted by Crippen LogP contribution is -2.28. The van der Waals surface area contributed by atoms with Crippen molar-refractivity contribution < 1.29 is 9.59 Å². The molecule has 3 rings (SSSR count). The number of carbonyl (C=O) groups excluding carboxylic acids is 2. The Bertz CT molecular complexity index is 826. The van der Waals surface area contributed by atoms with Gasteiger partial charge in [-0.1, -0.05) is 46.7 Å². The molecule has 0 aliphatic carbocycles. The van der Waals surface area contributed by atoms with Crippen LogP contribution in [0.1, 0.15) is 12.0 Å². The summed E-state index contributed by atoms with van der Waals surface area (Å²) in [7, 11) is 0. The van der Waals surface area contributed by atoms with Crippen LogP contribution in [0.4, 0.5) is 10.8 Å². The van der Waals surface area contributed by atoms with Gasteiger partial charge < -0.3 is 10.2 Å². The van der Waals surface area contributed by atoms with Crippen molar-refractivity contribution >= 4 is 45.7 Å². The summed E-state index contributed by atoms with van der Waals surface area (Å²) in [5, 5.41) is 11.1. The second-order valence-corrected chi connectivity index (χ2v) is 7.80. The Morgan fingerprint density at radius 1 is 1.44 bits per heavy atom. The standard InChI is InChI=1S/C17H16N4O2S2/c1-3-8-24-17-20-19-16(25-17)18-15(23)12-9-14(22)21(10-12)13-6-4-11(2)5-7-13/h1,4-7,12H,8-10H2,2H3,(H,18,19,23)/t12-/m1/s1. The number of nitrogens with one attached hydrogen (secondary N) is 1. The van der Waals surface area contributed by atoms with Gasteiger partial charge >= 0.3 is 0 Å². The second-order valence-electron chi connectivity index (χ2n) is 5.60. The molecule has 2 aromatic rings. The number of terminal acetylenes is 1. The molecular formula is C17H16N4O2S2. The SMILES string of the molecule is C#CCSc1nnc(NC(=O)[C@@H]2CC(=O)N(c3ccc(C)cc3)C2)s1. The fourth-order valence-corrected chi connectivity index (χ4v) is 3.92. The van der Waals surface area contributed by atoms with Crippen LogP contribution in [0.3, 0.4) is 0 Å². The third kappa shape index (κ3) is 4.18. The van der Waals surface area contributed by atoms with Gasteiger partial charge in [-0.15, -0.1) is 16.6 Å². The molecule has 1 N–H and O–H groups in total. The van der Waals surface area contributed by atoms with E-state index in [4.69, 9.17) is 6.42 Å². The van der Waals surface area contributed by atoms with E-state index in [9.17, 15) is 9.59 Å². The van der Waals surface area contributed by atoms with Gasteiger partial charge in [-0.05, 0) is 19.1 Å². The molecule has 1 aliphatic rings. The normalized spacial score (nSPS) is 16.7. The molecule has 1 atom stereocenters. The van der Waals surface area contributed by atoms with Crippen molar-refractivity contribution in [2.75, 3.05) is 22.5 Å². The fraction of sp³-hybridized carbons (Fsp3) is 0.294. The summed E-state index contributed by atoms with van der Waals surface area (Å²) in [6.07, 6.45) is 5.40. The molecule has 0 radical (unpaired) electrons. The largest absolute Gasteiger partial charge is 0.312 e. The molecule has 1 aliphatic heterocycles. The average Bonchev–Trinajstić information content (AvgIpc) is 3.20. The molecule has 0 unspecified atom stereocenters. The molecule has 2 amide bonds. The zero-order valence-corrected chi connectivity index (χ0v) is 15.2. The third-order valence-corrected chi connectivity index (χ3v) is 5.63. The lowest BCUT2D eigenvalue weighted by molar-refractivity contribution is -0.122. The number of hydrogen-bond donors (Lipinski definition) is 1. The highest BCUT2D eigenvalue weighted by molar-refractivity contribution is 8.01. The number of anilines is 2. The molecular weight excluding hydrogens is 356 g/mol. The topological polar surface area (TPSA) is 75.2 Å². The predicted molar refractivity (Wildman–Crippen MR) is 99.7 cm³/mol. The Kier molecular flexibility index (Phi) is 5.36. The molecule has 128 valence electrons. The van der Waals surface area contributed by atoms with Crippen LogP contribution in [-0.2, 0) is 9.59 Å². The van der Waals surface area contributed by atoms with Crippen LogP contribution in [0.5, 0.6) is 0 Å². The molecule has 1 aromatic heterocycles. The van der Waals surface area contributed by atoms with Crippen LogP contribution >= 0.6 is 23.1 Å². The van der Waals surface area contributed by atoms with Crippen LogP contribution in [0.15, 0.2) is 28.6 Å². The molecule has 1 fully saturated rings. The molecule has 2 heterocycles. The van der Waals surface area contributed by atoms with E-state index in [-0.39, 0.29) is 18.2 Å². The number of amides is 2. The Balaban J connectivity index is 1.62. The van der Waals surface area contributed by atoms with E-state index >= 15 is 0 Å². The van der Waals surface area contributed by atoms with Gasteiger partial charge in [0.05, 0.1) is 11.7 Å². The maximum absolute atomic E-state index is 12.4. The quantitative estimate of drug-likeness (QED) is 0.496. The number of thioether (sulfide) groups is 1. The molecule has 6 nitrogen and oxygen atoms in total. The zero-order valence-electron chi connectivity index (χ0n) is 13.6. The zero-order chi connectivity index (χ0) is 17.8. The molecule has 8 heteroatoms. The van der Waals surface area contributed by atoms with Crippen molar-refractivity contribution in [3.05, 3.63) is 29.8 Å². The summed E-state index contributed by atoms with van der Waals surface area (Å²) in [5.74, 6) is 2.35. The summed E-state index contributed by atoms with van der Waals surface area (Å²) in [6.45, 7) is 2.36. The van der Waals surface area contributed by atoms with E-state index in [0.29, 0.717) is 21.8 Å². The number of nitrogens with zero attached hydrogens (tertiary/aromatic N) is 3. The molecule has 0 bridgehead atoms. The van der Waals surface area contributed by atoms with Crippen LogP contribution in [-0.4, -0.2) is 34.3 Å². The number of carbonyl (C=O) groups is 2. The predicted octanol–water partition coefficient (Wildman–Crippen LogP) is 2.56. The molecule has 0 spiro atoms. The first-order chi connectivity index (χ1) is 12.1. The minimum Gasteiger partial charge on any atom is -0.312 e. The minimum absolute atomic E-state index is 0.0495. The smallest absolute Gasteiger partial charge is 0.231 e. The number of aromatic nitrogens is 2. The van der Waals surface area contributed by atoms with E-state index in [0.717, 1.165) is 11.3 Å². The summed E-state index contributed by atoms with van der Waals surface area (Å²) in [6, 6.07) is 7.69. The Morgan fingerprint density at radius 2 is 2.20 bits per heavy atom. The minimum atomic E-state index is -0.403. The maximum atomic E-state index is 12.4. The van der Waals surface area contributed by atoms with Gasteiger partial charge in [0.15, 0.2) is 4.34 Å². The third-order valence-electron chi connectivity index (χ3n) is 3.76. The maximum Gasteiger partial charge on any atom is 0.231 e. The van der Waals surface area contributed by atoms with E-state index in [1.807, 2.05) is 31.2 Å². The van der Waals surface area contributed by atoms with E-state index in [1.165, 1.54) is 23.1 Å². The lowest BCUT2D eigenvalue weighted by Gasteiger charge is -2.16. The van der Waals surface area contributed by atoms with E-state index in [1.54, 1.807) is 4.90 Å².